The van der Waals surface area contributed by atoms with E-state index in [1.165, 1.54) is 0 Å². The van der Waals surface area contributed by atoms with Crippen LogP contribution < -0.4 is 11.1 Å². The van der Waals surface area contributed by atoms with E-state index in [-0.39, 0.29) is 24.2 Å². The Morgan fingerprint density at radius 3 is 2.41 bits per heavy atom. The highest BCUT2D eigenvalue weighted by Gasteiger charge is 2.23. The molecule has 3 N–H and O–H groups in total. The summed E-state index contributed by atoms with van der Waals surface area (Å²) >= 11 is 0. The zero-order valence-corrected chi connectivity index (χ0v) is 13.4. The molecular weight excluding hydrogens is 306 g/mol. The van der Waals surface area contributed by atoms with Crippen LogP contribution in [0.3, 0.4) is 0 Å². The number of nitrogens with one attached hydrogen (secondary N) is 1. The van der Waals surface area contributed by atoms with E-state index in [1.54, 1.807) is 24.0 Å². The molecule has 7 heteroatoms. The number of hydrogen-bond acceptors (Lipinski definition) is 4. The molecule has 2 amide bonds. The molecule has 0 spiro atoms. The van der Waals surface area contributed by atoms with Crippen molar-refractivity contribution in [3.05, 3.63) is 35.4 Å². The van der Waals surface area contributed by atoms with Gasteiger partial charge in [0.15, 0.2) is 0 Å². The molecule has 1 fully saturated rings. The van der Waals surface area contributed by atoms with Crippen LogP contribution in [0.25, 0.3) is 0 Å². The first-order chi connectivity index (χ1) is 10.1. The summed E-state index contributed by atoms with van der Waals surface area (Å²) in [5.41, 5.74) is 7.00. The summed E-state index contributed by atoms with van der Waals surface area (Å²) < 4.78 is 5.21. The van der Waals surface area contributed by atoms with Crippen LogP contribution in [0.4, 0.5) is 0 Å². The number of nitrogens with two attached hydrogens (primary N) is 1. The zero-order valence-electron chi connectivity index (χ0n) is 12.6. The van der Waals surface area contributed by atoms with Crippen molar-refractivity contribution in [3.8, 4) is 0 Å². The number of carbonyl (C=O) groups is 2. The van der Waals surface area contributed by atoms with Crippen molar-refractivity contribution in [2.45, 2.75) is 19.5 Å². The van der Waals surface area contributed by atoms with E-state index < -0.39 is 6.04 Å². The third-order valence-electron chi connectivity index (χ3n) is 3.49. The number of halogens is 1. The Morgan fingerprint density at radius 1 is 1.27 bits per heavy atom. The lowest BCUT2D eigenvalue weighted by molar-refractivity contribution is -0.136. The number of benzene rings is 1. The summed E-state index contributed by atoms with van der Waals surface area (Å²) in [5, 5.41) is 2.73. The van der Waals surface area contributed by atoms with Crippen molar-refractivity contribution < 1.29 is 14.3 Å². The van der Waals surface area contributed by atoms with Crippen LogP contribution in [0.2, 0.25) is 0 Å². The number of ether oxygens (including phenoxy) is 1. The topological polar surface area (TPSA) is 84.7 Å². The molecule has 1 atom stereocenters. The molecule has 1 heterocycles. The van der Waals surface area contributed by atoms with Crippen LogP contribution in [-0.4, -0.2) is 49.1 Å². The highest BCUT2D eigenvalue weighted by Crippen LogP contribution is 2.05. The van der Waals surface area contributed by atoms with Crippen molar-refractivity contribution in [2.75, 3.05) is 26.3 Å². The molecule has 0 aliphatic carbocycles. The van der Waals surface area contributed by atoms with E-state index in [0.29, 0.717) is 38.4 Å². The van der Waals surface area contributed by atoms with Gasteiger partial charge in [0.1, 0.15) is 6.04 Å². The number of amides is 2. The SMILES string of the molecule is CC(NC(=O)c1ccc(CN)cc1)C(=O)N1CCOCC1.Cl. The van der Waals surface area contributed by atoms with Gasteiger partial charge < -0.3 is 20.7 Å². The summed E-state index contributed by atoms with van der Waals surface area (Å²) in [6.45, 7) is 4.38. The zero-order chi connectivity index (χ0) is 15.2. The van der Waals surface area contributed by atoms with Gasteiger partial charge in [-0.1, -0.05) is 12.1 Å². The minimum Gasteiger partial charge on any atom is -0.378 e. The highest BCUT2D eigenvalue weighted by atomic mass is 35.5. The Balaban J connectivity index is 0.00000242. The van der Waals surface area contributed by atoms with Gasteiger partial charge in [0.25, 0.3) is 5.91 Å². The quantitative estimate of drug-likeness (QED) is 0.845. The summed E-state index contributed by atoms with van der Waals surface area (Å²) in [5.74, 6) is -0.335. The van der Waals surface area contributed by atoms with Gasteiger partial charge in [-0.2, -0.15) is 0 Å². The fraction of sp³-hybridized carbons (Fsp3) is 0.467. The second-order valence-corrected chi connectivity index (χ2v) is 5.03. The molecule has 1 unspecified atom stereocenters. The summed E-state index contributed by atoms with van der Waals surface area (Å²) in [6.07, 6.45) is 0. The molecule has 0 radical (unpaired) electrons. The Bertz CT molecular complexity index is 501. The maximum atomic E-state index is 12.2. The van der Waals surface area contributed by atoms with Crippen molar-refractivity contribution in [3.63, 3.8) is 0 Å². The first kappa shape index (κ1) is 18.4. The van der Waals surface area contributed by atoms with E-state index in [4.69, 9.17) is 10.5 Å². The van der Waals surface area contributed by atoms with Gasteiger partial charge in [0.2, 0.25) is 5.91 Å². The number of rotatable bonds is 4. The lowest BCUT2D eigenvalue weighted by Crippen LogP contribution is -2.50. The van der Waals surface area contributed by atoms with Gasteiger partial charge in [-0.25, -0.2) is 0 Å². The molecule has 6 nitrogen and oxygen atoms in total. The monoisotopic (exact) mass is 327 g/mol. The van der Waals surface area contributed by atoms with Crippen molar-refractivity contribution in [1.82, 2.24) is 10.2 Å². The fourth-order valence-corrected chi connectivity index (χ4v) is 2.19. The lowest BCUT2D eigenvalue weighted by Gasteiger charge is -2.29. The maximum Gasteiger partial charge on any atom is 0.251 e. The molecule has 1 saturated heterocycles. The number of hydrogen-bond donors (Lipinski definition) is 2. The van der Waals surface area contributed by atoms with Gasteiger partial charge >= 0.3 is 0 Å². The minimum absolute atomic E-state index is 0. The van der Waals surface area contributed by atoms with Gasteiger partial charge in [-0.3, -0.25) is 9.59 Å². The van der Waals surface area contributed by atoms with Crippen LogP contribution in [0, 0.1) is 0 Å². The van der Waals surface area contributed by atoms with Gasteiger partial charge in [0, 0.05) is 25.2 Å². The molecule has 0 bridgehead atoms. The predicted molar refractivity (Wildman–Crippen MR) is 85.9 cm³/mol. The third-order valence-corrected chi connectivity index (χ3v) is 3.49. The van der Waals surface area contributed by atoms with E-state index >= 15 is 0 Å². The Labute approximate surface area is 136 Å². The van der Waals surface area contributed by atoms with Crippen LogP contribution >= 0.6 is 12.4 Å². The number of nitrogens with zero attached hydrogens (tertiary/aromatic N) is 1. The Kier molecular flexibility index (Phi) is 7.31. The van der Waals surface area contributed by atoms with Gasteiger partial charge in [-0.05, 0) is 24.6 Å². The Hall–Kier alpha value is -1.63. The molecule has 1 aliphatic heterocycles. The first-order valence-corrected chi connectivity index (χ1v) is 7.08. The number of morpholine rings is 1. The van der Waals surface area contributed by atoms with Gasteiger partial charge in [-0.15, -0.1) is 12.4 Å². The fourth-order valence-electron chi connectivity index (χ4n) is 2.19. The van der Waals surface area contributed by atoms with Crippen molar-refractivity contribution in [1.29, 1.82) is 0 Å². The maximum absolute atomic E-state index is 12.2. The standard InChI is InChI=1S/C15H21N3O3.ClH/c1-11(15(20)18-6-8-21-9-7-18)17-14(19)13-4-2-12(10-16)3-5-13;/h2-5,11H,6-10,16H2,1H3,(H,17,19);1H. The lowest BCUT2D eigenvalue weighted by atomic mass is 10.1. The molecule has 1 aromatic rings. The summed E-state index contributed by atoms with van der Waals surface area (Å²) in [7, 11) is 0. The average molecular weight is 328 g/mol. The normalized spacial score (nSPS) is 15.6. The second kappa shape index (κ2) is 8.73. The molecule has 1 aromatic carbocycles. The molecule has 0 saturated carbocycles. The van der Waals surface area contributed by atoms with Crippen molar-refractivity contribution >= 4 is 24.2 Å². The van der Waals surface area contributed by atoms with E-state index in [0.717, 1.165) is 5.56 Å². The van der Waals surface area contributed by atoms with Crippen molar-refractivity contribution in [2.24, 2.45) is 5.73 Å². The summed E-state index contributed by atoms with van der Waals surface area (Å²) in [4.78, 5) is 26.0. The molecule has 0 aromatic heterocycles. The van der Waals surface area contributed by atoms with E-state index in [2.05, 4.69) is 5.32 Å². The van der Waals surface area contributed by atoms with E-state index in [9.17, 15) is 9.59 Å². The molecule has 1 aliphatic rings. The molecule has 122 valence electrons. The summed E-state index contributed by atoms with van der Waals surface area (Å²) in [6, 6.07) is 6.49. The first-order valence-electron chi connectivity index (χ1n) is 7.08. The van der Waals surface area contributed by atoms with E-state index in [1.807, 2.05) is 12.1 Å². The highest BCUT2D eigenvalue weighted by molar-refractivity contribution is 5.97. The predicted octanol–water partition coefficient (Wildman–Crippen LogP) is 0.544. The molecule has 2 rings (SSSR count). The molecular formula is C15H22ClN3O3. The van der Waals surface area contributed by atoms with Crippen LogP contribution in [-0.2, 0) is 16.1 Å². The minimum atomic E-state index is -0.551. The number of carbonyl (C=O) groups excluding carboxylic acids is 2. The van der Waals surface area contributed by atoms with Gasteiger partial charge in [0.05, 0.1) is 13.2 Å². The van der Waals surface area contributed by atoms with Crippen LogP contribution in [0.1, 0.15) is 22.8 Å². The van der Waals surface area contributed by atoms with Crippen LogP contribution in [0.5, 0.6) is 0 Å². The Morgan fingerprint density at radius 2 is 1.86 bits per heavy atom. The second-order valence-electron chi connectivity index (χ2n) is 5.03. The molecule has 22 heavy (non-hydrogen) atoms. The third kappa shape index (κ3) is 4.69. The largest absolute Gasteiger partial charge is 0.378 e. The average Bonchev–Trinajstić information content (AvgIpc) is 2.55. The smallest absolute Gasteiger partial charge is 0.251 e. The van der Waals surface area contributed by atoms with Crippen LogP contribution in [0.15, 0.2) is 24.3 Å².